The Morgan fingerprint density at radius 3 is 2.46 bits per heavy atom. The summed E-state index contributed by atoms with van der Waals surface area (Å²) in [5.74, 6) is -1.17. The maximum Gasteiger partial charge on any atom is 0.301 e. The Bertz CT molecular complexity index is 1520. The number of amides is 1. The molecular weight excluding hydrogens is 460 g/mol. The van der Waals surface area contributed by atoms with E-state index in [-0.39, 0.29) is 11.3 Å². The normalized spacial score (nSPS) is 17.4. The molecule has 1 N–H and O–H groups in total. The molecule has 6 nitrogen and oxygen atoms in total. The fraction of sp³-hybridized carbons (Fsp3) is 0.179. The van der Waals surface area contributed by atoms with Gasteiger partial charge in [-0.3, -0.25) is 14.5 Å². The number of aliphatic hydroxyl groups is 1. The third-order valence-electron chi connectivity index (χ3n) is 6.21. The highest BCUT2D eigenvalue weighted by molar-refractivity contribution is 7.22. The number of aromatic nitrogens is 1. The molecule has 0 spiro atoms. The Morgan fingerprint density at radius 1 is 1.00 bits per heavy atom. The van der Waals surface area contributed by atoms with Gasteiger partial charge in [-0.25, -0.2) is 4.98 Å². The number of aryl methyl sites for hydroxylation is 3. The van der Waals surface area contributed by atoms with Crippen molar-refractivity contribution >= 4 is 44.1 Å². The molecule has 35 heavy (non-hydrogen) atoms. The smallest absolute Gasteiger partial charge is 0.301 e. The number of hydrogen-bond acceptors (Lipinski definition) is 6. The van der Waals surface area contributed by atoms with Crippen molar-refractivity contribution in [3.63, 3.8) is 0 Å². The van der Waals surface area contributed by atoms with E-state index < -0.39 is 17.7 Å². The minimum atomic E-state index is -0.816. The van der Waals surface area contributed by atoms with Gasteiger partial charge < -0.3 is 9.84 Å². The molecule has 1 fully saturated rings. The molecule has 1 aliphatic rings. The molecule has 1 saturated heterocycles. The van der Waals surface area contributed by atoms with E-state index in [2.05, 4.69) is 0 Å². The van der Waals surface area contributed by atoms with Gasteiger partial charge in [0.1, 0.15) is 11.5 Å². The second kappa shape index (κ2) is 8.67. The second-order valence-corrected chi connectivity index (χ2v) is 9.75. The molecule has 0 bridgehead atoms. The molecule has 176 valence electrons. The Labute approximate surface area is 207 Å². The van der Waals surface area contributed by atoms with Crippen molar-refractivity contribution in [1.29, 1.82) is 0 Å². The third-order valence-corrected chi connectivity index (χ3v) is 7.21. The summed E-state index contributed by atoms with van der Waals surface area (Å²) in [5.41, 5.74) is 5.08. The number of hydrogen-bond donors (Lipinski definition) is 1. The predicted molar refractivity (Wildman–Crippen MR) is 138 cm³/mol. The highest BCUT2D eigenvalue weighted by atomic mass is 32.1. The summed E-state index contributed by atoms with van der Waals surface area (Å²) in [7, 11) is 1.53. The first-order valence-electron chi connectivity index (χ1n) is 11.2. The number of Topliss-reactive ketones (excluding diaryl/α,β-unsaturated/α-hetero) is 1. The average Bonchev–Trinajstić information content (AvgIpc) is 3.38. The number of rotatable bonds is 4. The van der Waals surface area contributed by atoms with Gasteiger partial charge in [0.05, 0.1) is 28.9 Å². The number of ketones is 1. The Hall–Kier alpha value is -3.97. The SMILES string of the molecule is COc1cccc(C(O)=C2C(=O)C(=O)N(c3nc4c(C)cc(C)cc4s3)[C@@H]2c2ccc(C)cc2)c1. The highest BCUT2D eigenvalue weighted by Crippen LogP contribution is 2.44. The molecule has 5 rings (SSSR count). The van der Waals surface area contributed by atoms with Gasteiger partial charge in [0.15, 0.2) is 5.13 Å². The van der Waals surface area contributed by atoms with E-state index in [1.54, 1.807) is 24.3 Å². The van der Waals surface area contributed by atoms with Gasteiger partial charge >= 0.3 is 5.91 Å². The quantitative estimate of drug-likeness (QED) is 0.223. The summed E-state index contributed by atoms with van der Waals surface area (Å²) >= 11 is 1.36. The van der Waals surface area contributed by atoms with Crippen molar-refractivity contribution in [2.24, 2.45) is 0 Å². The lowest BCUT2D eigenvalue weighted by Gasteiger charge is -2.23. The van der Waals surface area contributed by atoms with Crippen LogP contribution in [0.5, 0.6) is 5.75 Å². The number of aliphatic hydroxyl groups excluding tert-OH is 1. The van der Waals surface area contributed by atoms with Gasteiger partial charge in [-0.2, -0.15) is 0 Å². The van der Waals surface area contributed by atoms with E-state index in [1.165, 1.54) is 23.3 Å². The minimum Gasteiger partial charge on any atom is -0.507 e. The van der Waals surface area contributed by atoms with Gasteiger partial charge in [0.25, 0.3) is 5.78 Å². The zero-order chi connectivity index (χ0) is 24.9. The first-order chi connectivity index (χ1) is 16.8. The molecule has 1 aliphatic heterocycles. The van der Waals surface area contributed by atoms with Crippen molar-refractivity contribution in [2.75, 3.05) is 12.0 Å². The summed E-state index contributed by atoms with van der Waals surface area (Å²) in [6, 6.07) is 17.6. The Balaban J connectivity index is 1.74. The molecule has 0 unspecified atom stereocenters. The van der Waals surface area contributed by atoms with E-state index in [4.69, 9.17) is 9.72 Å². The maximum atomic E-state index is 13.4. The van der Waals surface area contributed by atoms with Crippen LogP contribution in [-0.2, 0) is 9.59 Å². The van der Waals surface area contributed by atoms with Crippen molar-refractivity contribution < 1.29 is 19.4 Å². The van der Waals surface area contributed by atoms with Crippen LogP contribution in [0.3, 0.4) is 0 Å². The van der Waals surface area contributed by atoms with Gasteiger partial charge in [-0.1, -0.05) is 59.4 Å². The number of fused-ring (bicyclic) bond motifs is 1. The number of thiazole rings is 1. The molecule has 0 saturated carbocycles. The molecule has 4 aromatic rings. The van der Waals surface area contributed by atoms with Gasteiger partial charge in [0.2, 0.25) is 0 Å². The fourth-order valence-corrected chi connectivity index (χ4v) is 5.65. The predicted octanol–water partition coefficient (Wildman–Crippen LogP) is 5.86. The van der Waals surface area contributed by atoms with Crippen LogP contribution in [0.1, 0.15) is 33.9 Å². The van der Waals surface area contributed by atoms with Crippen molar-refractivity contribution in [3.05, 3.63) is 94.1 Å². The van der Waals surface area contributed by atoms with Crippen molar-refractivity contribution in [2.45, 2.75) is 26.8 Å². The van der Waals surface area contributed by atoms with Crippen LogP contribution in [0.15, 0.2) is 66.2 Å². The fourth-order valence-electron chi connectivity index (χ4n) is 4.48. The van der Waals surface area contributed by atoms with E-state index in [0.29, 0.717) is 22.0 Å². The third kappa shape index (κ3) is 3.88. The van der Waals surface area contributed by atoms with Crippen molar-refractivity contribution in [3.8, 4) is 5.75 Å². The topological polar surface area (TPSA) is 79.7 Å². The lowest BCUT2D eigenvalue weighted by molar-refractivity contribution is -0.132. The number of carbonyl (C=O) groups excluding carboxylic acids is 2. The lowest BCUT2D eigenvalue weighted by Crippen LogP contribution is -2.29. The number of nitrogens with zero attached hydrogens (tertiary/aromatic N) is 2. The number of benzene rings is 3. The van der Waals surface area contributed by atoms with Crippen LogP contribution in [0.4, 0.5) is 5.13 Å². The Morgan fingerprint density at radius 2 is 1.74 bits per heavy atom. The molecule has 1 aromatic heterocycles. The van der Waals surface area contributed by atoms with E-state index in [9.17, 15) is 14.7 Å². The standard InChI is InChI=1S/C28H24N2O4S/c1-15-8-10-18(11-9-15)24-22(25(31)19-6-5-7-20(14-19)34-4)26(32)27(33)30(24)28-29-23-17(3)12-16(2)13-21(23)35-28/h5-14,24,31H,1-4H3/t24-/m1/s1. The van der Waals surface area contributed by atoms with Crippen LogP contribution < -0.4 is 9.64 Å². The number of methoxy groups -OCH3 is 1. The van der Waals surface area contributed by atoms with Crippen molar-refractivity contribution in [1.82, 2.24) is 4.98 Å². The molecule has 1 atom stereocenters. The highest BCUT2D eigenvalue weighted by Gasteiger charge is 2.48. The van der Waals surface area contributed by atoms with E-state index in [0.717, 1.165) is 26.9 Å². The number of anilines is 1. The summed E-state index contributed by atoms with van der Waals surface area (Å²) < 4.78 is 6.22. The second-order valence-electron chi connectivity index (χ2n) is 8.74. The van der Waals surface area contributed by atoms with Crippen LogP contribution in [0.25, 0.3) is 16.0 Å². The van der Waals surface area contributed by atoms with Crippen LogP contribution in [-0.4, -0.2) is 28.9 Å². The molecule has 0 radical (unpaired) electrons. The average molecular weight is 485 g/mol. The number of ether oxygens (including phenoxy) is 1. The van der Waals surface area contributed by atoms with Crippen LogP contribution in [0, 0.1) is 20.8 Å². The molecule has 3 aromatic carbocycles. The van der Waals surface area contributed by atoms with E-state index >= 15 is 0 Å². The first-order valence-corrected chi connectivity index (χ1v) is 12.0. The molecule has 0 aliphatic carbocycles. The zero-order valence-electron chi connectivity index (χ0n) is 19.8. The molecule has 1 amide bonds. The minimum absolute atomic E-state index is 0.0271. The van der Waals surface area contributed by atoms with E-state index in [1.807, 2.05) is 57.2 Å². The van der Waals surface area contributed by atoms with Crippen LogP contribution in [0.2, 0.25) is 0 Å². The largest absolute Gasteiger partial charge is 0.507 e. The molecular formula is C28H24N2O4S. The van der Waals surface area contributed by atoms with Gasteiger partial charge in [-0.05, 0) is 55.7 Å². The van der Waals surface area contributed by atoms with Gasteiger partial charge in [-0.15, -0.1) is 0 Å². The first kappa shape index (κ1) is 22.8. The summed E-state index contributed by atoms with van der Waals surface area (Å²) in [6.45, 7) is 5.96. The zero-order valence-corrected chi connectivity index (χ0v) is 20.6. The molecule has 7 heteroatoms. The summed E-state index contributed by atoms with van der Waals surface area (Å²) in [5, 5.41) is 11.7. The molecule has 2 heterocycles. The summed E-state index contributed by atoms with van der Waals surface area (Å²) in [6.07, 6.45) is 0. The monoisotopic (exact) mass is 484 g/mol. The van der Waals surface area contributed by atoms with Crippen LogP contribution >= 0.6 is 11.3 Å². The van der Waals surface area contributed by atoms with Gasteiger partial charge in [0, 0.05) is 5.56 Å². The summed E-state index contributed by atoms with van der Waals surface area (Å²) in [4.78, 5) is 33.0. The lowest BCUT2D eigenvalue weighted by atomic mass is 9.95. The Kier molecular flexibility index (Phi) is 5.65. The number of carbonyl (C=O) groups is 2. The maximum absolute atomic E-state index is 13.4.